The Hall–Kier alpha value is -5.10. The molecule has 9 aliphatic rings. The van der Waals surface area contributed by atoms with Gasteiger partial charge in [-0.3, -0.25) is 0 Å². The monoisotopic (exact) mass is 1470 g/mol. The van der Waals surface area contributed by atoms with Gasteiger partial charge in [-0.1, -0.05) is 208 Å². The fourth-order valence-electron chi connectivity index (χ4n) is 19.4. The van der Waals surface area contributed by atoms with Crippen molar-refractivity contribution in [2.75, 3.05) is 34.4 Å². The first-order chi connectivity index (χ1) is 51.9. The summed E-state index contributed by atoms with van der Waals surface area (Å²) in [5.74, 6) is 15.5. The van der Waals surface area contributed by atoms with Crippen molar-refractivity contribution in [3.63, 3.8) is 0 Å². The second-order valence-corrected chi connectivity index (χ2v) is 34.7. The van der Waals surface area contributed by atoms with Crippen molar-refractivity contribution >= 4 is 0 Å². The van der Waals surface area contributed by atoms with Crippen LogP contribution >= 0.6 is 0 Å². The third kappa shape index (κ3) is 26.5. The van der Waals surface area contributed by atoms with E-state index in [1.807, 2.05) is 24.3 Å². The molecule has 0 N–H and O–H groups in total. The van der Waals surface area contributed by atoms with Gasteiger partial charge in [0, 0.05) is 33.0 Å². The fraction of sp³-hybridized carbons (Fsp3) is 0.691. The van der Waals surface area contributed by atoms with Gasteiger partial charge in [-0.2, -0.15) is 0 Å². The van der Waals surface area contributed by atoms with E-state index in [1.165, 1.54) is 195 Å². The van der Waals surface area contributed by atoms with E-state index in [0.717, 1.165) is 102 Å². The Morgan fingerprint density at radius 2 is 0.804 bits per heavy atom. The van der Waals surface area contributed by atoms with Crippen LogP contribution in [0.4, 0.5) is 0 Å². The van der Waals surface area contributed by atoms with E-state index in [9.17, 15) is 0 Å². The molecule has 596 valence electrons. The smallest absolute Gasteiger partial charge is 0.202 e. The lowest BCUT2D eigenvalue weighted by molar-refractivity contribution is -0.162. The second-order valence-electron chi connectivity index (χ2n) is 34.7. The summed E-state index contributed by atoms with van der Waals surface area (Å²) in [7, 11) is 3.42. The molecule has 10 heteroatoms. The van der Waals surface area contributed by atoms with Crippen molar-refractivity contribution < 1.29 is 47.4 Å². The van der Waals surface area contributed by atoms with E-state index in [2.05, 4.69) is 187 Å². The number of rotatable bonds is 34. The number of hydrogen-bond acceptors (Lipinski definition) is 10. The van der Waals surface area contributed by atoms with Crippen molar-refractivity contribution in [1.82, 2.24) is 0 Å². The number of hydrogen-bond donors (Lipinski definition) is 0. The Morgan fingerprint density at radius 1 is 0.393 bits per heavy atom. The molecule has 9 fully saturated rings. The summed E-state index contributed by atoms with van der Waals surface area (Å²) in [5, 5.41) is 0. The lowest BCUT2D eigenvalue weighted by Gasteiger charge is -2.57. The highest BCUT2D eigenvalue weighted by atomic mass is 16.7. The van der Waals surface area contributed by atoms with Crippen LogP contribution in [0.25, 0.3) is 0 Å². The normalized spacial score (nSPS) is 25.6. The zero-order valence-electron chi connectivity index (χ0n) is 69.7. The van der Waals surface area contributed by atoms with Gasteiger partial charge in [-0.05, 0) is 286 Å². The average Bonchev–Trinajstić information content (AvgIpc) is 1.38. The van der Waals surface area contributed by atoms with Crippen LogP contribution in [0, 0.1) is 58.7 Å². The van der Waals surface area contributed by atoms with Gasteiger partial charge in [0.2, 0.25) is 6.29 Å². The third-order valence-corrected chi connectivity index (χ3v) is 26.7. The minimum Gasteiger partial charge on any atom is -0.468 e. The van der Waals surface area contributed by atoms with Gasteiger partial charge in [-0.15, -0.1) is 0 Å². The van der Waals surface area contributed by atoms with Crippen LogP contribution in [-0.2, 0) is 23.7 Å². The third-order valence-electron chi connectivity index (χ3n) is 26.7. The predicted octanol–water partition coefficient (Wildman–Crippen LogP) is 26.9. The van der Waals surface area contributed by atoms with Crippen molar-refractivity contribution in [2.24, 2.45) is 58.7 Å². The number of methoxy groups -OCH3 is 2. The summed E-state index contributed by atoms with van der Waals surface area (Å²) >= 11 is 0. The van der Waals surface area contributed by atoms with Crippen LogP contribution in [-0.4, -0.2) is 65.5 Å². The first kappa shape index (κ1) is 85.9. The molecule has 13 unspecified atom stereocenters. The SMILES string of the molecule is CCC(C)c1ccc(OC(CC23CC4CC(CC(C4)C2)C3)OC)cc1.CCC(C)c1ccc(OC(OC2CC3CC2C2CCCC32)C(C)C)cc1.CCC(C)c1ccc(OCOC)cc1.CCC(C)c1ccc(OCOC2CCCCC2)cc1.CCC(OCCC1CCCCC1)Oc1ccc(C(C)CC)cc1. The molecule has 0 aromatic heterocycles. The van der Waals surface area contributed by atoms with Gasteiger partial charge in [0.25, 0.3) is 0 Å². The van der Waals surface area contributed by atoms with Crippen molar-refractivity contribution in [1.29, 1.82) is 0 Å². The Labute approximate surface area is 651 Å². The van der Waals surface area contributed by atoms with Crippen LogP contribution in [0.1, 0.15) is 334 Å². The summed E-state index contributed by atoms with van der Waals surface area (Å²) in [6.07, 6.45) is 38.6. The maximum atomic E-state index is 6.60. The first-order valence-corrected chi connectivity index (χ1v) is 43.6. The minimum absolute atomic E-state index is 0.106. The molecule has 5 aromatic carbocycles. The zero-order chi connectivity index (χ0) is 76.1. The molecular formula is C97H148O10. The van der Waals surface area contributed by atoms with E-state index in [-0.39, 0.29) is 18.9 Å². The molecule has 0 aliphatic heterocycles. The van der Waals surface area contributed by atoms with Gasteiger partial charge in [0.15, 0.2) is 26.2 Å². The van der Waals surface area contributed by atoms with Crippen LogP contribution in [0.2, 0.25) is 0 Å². The molecule has 107 heavy (non-hydrogen) atoms. The van der Waals surface area contributed by atoms with E-state index < -0.39 is 0 Å². The predicted molar refractivity (Wildman–Crippen MR) is 441 cm³/mol. The average molecular weight is 1470 g/mol. The Kier molecular flexibility index (Phi) is 36.0. The Balaban J connectivity index is 0.000000157. The summed E-state index contributed by atoms with van der Waals surface area (Å²) in [5.41, 5.74) is 7.39. The maximum Gasteiger partial charge on any atom is 0.202 e. The lowest BCUT2D eigenvalue weighted by Crippen LogP contribution is -2.48. The van der Waals surface area contributed by atoms with Gasteiger partial charge < -0.3 is 47.4 Å². The number of ether oxygens (including phenoxy) is 10. The molecule has 0 heterocycles. The Morgan fingerprint density at radius 3 is 1.22 bits per heavy atom. The molecule has 6 bridgehead atoms. The van der Waals surface area contributed by atoms with E-state index in [0.29, 0.717) is 66.7 Å². The maximum absolute atomic E-state index is 6.60. The number of fused-ring (bicyclic) bond motifs is 5. The summed E-state index contributed by atoms with van der Waals surface area (Å²) in [6.45, 7) is 30.5. The highest BCUT2D eigenvalue weighted by molar-refractivity contribution is 5.33. The van der Waals surface area contributed by atoms with Crippen molar-refractivity contribution in [3.8, 4) is 28.7 Å². The largest absolute Gasteiger partial charge is 0.468 e. The topological polar surface area (TPSA) is 92.3 Å². The molecule has 9 saturated carbocycles. The lowest BCUT2D eigenvalue weighted by atomic mass is 9.49. The van der Waals surface area contributed by atoms with Gasteiger partial charge in [0.1, 0.15) is 28.7 Å². The Bertz CT molecular complexity index is 3140. The summed E-state index contributed by atoms with van der Waals surface area (Å²) in [6, 6.07) is 42.4. The standard InChI is InChI=1S/C24H36O2.C23H34O2.C21H34O2.C17H26O2.C12H18O2/c1-5-16(4)17-9-11-19(12-10-17)25-24(15(2)3)26-23-14-18-13-22(23)21-8-6-7-20(18)21;1-4-16(2)20-5-7-21(8-6-20)25-22(24-3)15-23-12-17-9-18(13-23)11-19(10-17)14-23;1-4-17(3)19-11-13-20(14-12-19)23-21(5-2)22-16-15-18-9-7-6-8-10-18;1-3-14(2)15-9-11-17(12-10-15)19-13-18-16-7-5-4-6-8-16;1-4-10(2)11-5-7-12(8-6-11)14-9-13-3/h9-12,15-16,18,20-24H,5-8,13-14H2,1-4H3;5-8,16-19,22H,4,9-15H2,1-3H3;11-14,17-18,21H,4-10,15-16H2,1-3H3;9-12,14,16H,3-8,13H2,1-2H3;5-8,10H,4,9H2,1-3H3. The highest BCUT2D eigenvalue weighted by Crippen LogP contribution is 2.62. The molecule has 0 spiro atoms. The molecule has 14 rings (SSSR count). The molecule has 0 radical (unpaired) electrons. The van der Waals surface area contributed by atoms with E-state index in [4.69, 9.17) is 47.4 Å². The molecule has 13 atom stereocenters. The van der Waals surface area contributed by atoms with Crippen molar-refractivity contribution in [3.05, 3.63) is 149 Å². The van der Waals surface area contributed by atoms with Crippen molar-refractivity contribution in [2.45, 2.75) is 337 Å². The first-order valence-electron chi connectivity index (χ1n) is 43.6. The summed E-state index contributed by atoms with van der Waals surface area (Å²) in [4.78, 5) is 0. The number of benzene rings is 5. The fourth-order valence-corrected chi connectivity index (χ4v) is 19.4. The van der Waals surface area contributed by atoms with Crippen LogP contribution in [0.5, 0.6) is 28.7 Å². The van der Waals surface area contributed by atoms with Crippen LogP contribution in [0.3, 0.4) is 0 Å². The summed E-state index contributed by atoms with van der Waals surface area (Å²) < 4.78 is 58.4. The van der Waals surface area contributed by atoms with E-state index >= 15 is 0 Å². The molecule has 0 amide bonds. The molecular weight excluding hydrogens is 1330 g/mol. The van der Waals surface area contributed by atoms with Gasteiger partial charge in [0.05, 0.1) is 18.8 Å². The van der Waals surface area contributed by atoms with Crippen LogP contribution in [0.15, 0.2) is 121 Å². The second kappa shape index (κ2) is 44.8. The van der Waals surface area contributed by atoms with Gasteiger partial charge in [-0.25, -0.2) is 0 Å². The molecule has 5 aromatic rings. The highest BCUT2D eigenvalue weighted by Gasteiger charge is 2.55. The zero-order valence-corrected chi connectivity index (χ0v) is 69.7. The minimum atomic E-state index is -0.131. The quantitative estimate of drug-likeness (QED) is 0.0371. The van der Waals surface area contributed by atoms with Crippen LogP contribution < -0.4 is 23.7 Å². The molecule has 0 saturated heterocycles. The van der Waals surface area contributed by atoms with Gasteiger partial charge >= 0.3 is 0 Å². The molecule has 9 aliphatic carbocycles. The van der Waals surface area contributed by atoms with E-state index in [1.54, 1.807) is 14.2 Å². The molecule has 10 nitrogen and oxygen atoms in total.